The monoisotopic (exact) mass is 232 g/mol. The third kappa shape index (κ3) is 2.47. The van der Waals surface area contributed by atoms with E-state index in [4.69, 9.17) is 4.42 Å². The zero-order valence-electron chi connectivity index (χ0n) is 10.2. The molecule has 0 amide bonds. The fourth-order valence-electron chi connectivity index (χ4n) is 1.74. The second-order valence-electron chi connectivity index (χ2n) is 4.11. The van der Waals surface area contributed by atoms with E-state index in [1.807, 2.05) is 39.1 Å². The van der Waals surface area contributed by atoms with Gasteiger partial charge in [0, 0.05) is 23.2 Å². The molecule has 0 saturated heterocycles. The SMILES string of the molecule is CNC(C)Nc1ccc2c(C)cc(=O)oc2c1. The van der Waals surface area contributed by atoms with Crippen molar-refractivity contribution in [3.8, 4) is 0 Å². The predicted molar refractivity (Wildman–Crippen MR) is 69.4 cm³/mol. The normalized spacial score (nSPS) is 12.6. The molecular formula is C13H16N2O2. The number of hydrogen-bond acceptors (Lipinski definition) is 4. The fraction of sp³-hybridized carbons (Fsp3) is 0.308. The van der Waals surface area contributed by atoms with E-state index >= 15 is 0 Å². The van der Waals surface area contributed by atoms with Crippen molar-refractivity contribution >= 4 is 16.7 Å². The van der Waals surface area contributed by atoms with Crippen LogP contribution in [0.25, 0.3) is 11.0 Å². The Morgan fingerprint density at radius 1 is 1.29 bits per heavy atom. The first-order valence-electron chi connectivity index (χ1n) is 5.58. The van der Waals surface area contributed by atoms with Gasteiger partial charge in [-0.05, 0) is 38.6 Å². The van der Waals surface area contributed by atoms with Crippen LogP contribution in [0.5, 0.6) is 0 Å². The van der Waals surface area contributed by atoms with E-state index in [0.717, 1.165) is 16.6 Å². The van der Waals surface area contributed by atoms with Crippen molar-refractivity contribution in [1.82, 2.24) is 5.32 Å². The molecule has 1 heterocycles. The minimum atomic E-state index is -0.311. The topological polar surface area (TPSA) is 54.3 Å². The molecule has 4 heteroatoms. The fourth-order valence-corrected chi connectivity index (χ4v) is 1.74. The van der Waals surface area contributed by atoms with E-state index in [2.05, 4.69) is 10.6 Å². The largest absolute Gasteiger partial charge is 0.423 e. The van der Waals surface area contributed by atoms with Gasteiger partial charge in [0.15, 0.2) is 0 Å². The van der Waals surface area contributed by atoms with Crippen LogP contribution in [0.4, 0.5) is 5.69 Å². The molecule has 0 fully saturated rings. The molecule has 1 aromatic heterocycles. The predicted octanol–water partition coefficient (Wildman–Crippen LogP) is 2.08. The van der Waals surface area contributed by atoms with Crippen LogP contribution in [-0.4, -0.2) is 13.2 Å². The van der Waals surface area contributed by atoms with Crippen LogP contribution >= 0.6 is 0 Å². The molecule has 0 saturated carbocycles. The molecule has 17 heavy (non-hydrogen) atoms. The number of fused-ring (bicyclic) bond motifs is 1. The summed E-state index contributed by atoms with van der Waals surface area (Å²) >= 11 is 0. The van der Waals surface area contributed by atoms with Crippen LogP contribution in [0.2, 0.25) is 0 Å². The van der Waals surface area contributed by atoms with Gasteiger partial charge in [-0.15, -0.1) is 0 Å². The maximum absolute atomic E-state index is 11.3. The molecule has 0 spiro atoms. The highest BCUT2D eigenvalue weighted by atomic mass is 16.4. The Bertz CT molecular complexity index is 589. The van der Waals surface area contributed by atoms with Gasteiger partial charge < -0.3 is 15.1 Å². The smallest absolute Gasteiger partial charge is 0.336 e. The van der Waals surface area contributed by atoms with E-state index in [-0.39, 0.29) is 11.8 Å². The van der Waals surface area contributed by atoms with Gasteiger partial charge in [-0.2, -0.15) is 0 Å². The molecule has 2 rings (SSSR count). The lowest BCUT2D eigenvalue weighted by molar-refractivity contribution is 0.560. The van der Waals surface area contributed by atoms with Crippen molar-refractivity contribution in [1.29, 1.82) is 0 Å². The number of nitrogens with one attached hydrogen (secondary N) is 2. The average molecular weight is 232 g/mol. The van der Waals surface area contributed by atoms with Crippen molar-refractivity contribution in [2.24, 2.45) is 0 Å². The first kappa shape index (κ1) is 11.7. The molecule has 0 aliphatic carbocycles. The zero-order valence-corrected chi connectivity index (χ0v) is 10.2. The van der Waals surface area contributed by atoms with Crippen molar-refractivity contribution in [2.75, 3.05) is 12.4 Å². The Kier molecular flexibility index (Phi) is 3.15. The molecule has 1 atom stereocenters. The van der Waals surface area contributed by atoms with Crippen molar-refractivity contribution in [2.45, 2.75) is 20.0 Å². The minimum absolute atomic E-state index is 0.156. The van der Waals surface area contributed by atoms with Crippen LogP contribution < -0.4 is 16.3 Å². The van der Waals surface area contributed by atoms with E-state index in [1.54, 1.807) is 0 Å². The summed E-state index contributed by atoms with van der Waals surface area (Å²) in [6.45, 7) is 3.92. The first-order valence-corrected chi connectivity index (χ1v) is 5.58. The summed E-state index contributed by atoms with van der Waals surface area (Å²) in [5.41, 5.74) is 2.16. The quantitative estimate of drug-likeness (QED) is 0.628. The Morgan fingerprint density at radius 3 is 2.76 bits per heavy atom. The maximum Gasteiger partial charge on any atom is 0.336 e. The lowest BCUT2D eigenvalue weighted by atomic mass is 10.1. The highest BCUT2D eigenvalue weighted by Gasteiger charge is 2.04. The molecule has 4 nitrogen and oxygen atoms in total. The molecule has 1 unspecified atom stereocenters. The van der Waals surface area contributed by atoms with Gasteiger partial charge in [-0.3, -0.25) is 0 Å². The minimum Gasteiger partial charge on any atom is -0.423 e. The van der Waals surface area contributed by atoms with Crippen LogP contribution in [0, 0.1) is 6.92 Å². The van der Waals surface area contributed by atoms with Gasteiger partial charge in [0.05, 0.1) is 6.17 Å². The number of benzene rings is 1. The van der Waals surface area contributed by atoms with Gasteiger partial charge in [-0.25, -0.2) is 4.79 Å². The lowest BCUT2D eigenvalue weighted by Gasteiger charge is -2.14. The van der Waals surface area contributed by atoms with Crippen LogP contribution in [0.1, 0.15) is 12.5 Å². The molecule has 1 aromatic carbocycles. The second-order valence-corrected chi connectivity index (χ2v) is 4.11. The van der Waals surface area contributed by atoms with Crippen LogP contribution in [0.15, 0.2) is 33.5 Å². The molecule has 2 N–H and O–H groups in total. The number of anilines is 1. The third-order valence-corrected chi connectivity index (χ3v) is 2.77. The van der Waals surface area contributed by atoms with Gasteiger partial charge in [0.2, 0.25) is 0 Å². The maximum atomic E-state index is 11.3. The van der Waals surface area contributed by atoms with Crippen LogP contribution in [-0.2, 0) is 0 Å². The summed E-state index contributed by atoms with van der Waals surface area (Å²) in [7, 11) is 1.88. The molecule has 0 aliphatic rings. The summed E-state index contributed by atoms with van der Waals surface area (Å²) in [6, 6.07) is 7.28. The van der Waals surface area contributed by atoms with Gasteiger partial charge in [-0.1, -0.05) is 0 Å². The number of aryl methyl sites for hydroxylation is 1. The van der Waals surface area contributed by atoms with Crippen molar-refractivity contribution < 1.29 is 4.42 Å². The molecule has 0 radical (unpaired) electrons. The Balaban J connectivity index is 2.46. The van der Waals surface area contributed by atoms with E-state index in [1.165, 1.54) is 6.07 Å². The summed E-state index contributed by atoms with van der Waals surface area (Å²) in [5.74, 6) is 0. The van der Waals surface area contributed by atoms with E-state index in [0.29, 0.717) is 5.58 Å². The standard InChI is InChI=1S/C13H16N2O2/c1-8-6-13(16)17-12-7-10(4-5-11(8)12)15-9(2)14-3/h4-7,9,14-15H,1-3H3. The highest BCUT2D eigenvalue weighted by Crippen LogP contribution is 2.20. The number of hydrogen-bond donors (Lipinski definition) is 2. The lowest BCUT2D eigenvalue weighted by Crippen LogP contribution is -2.29. The molecule has 2 aromatic rings. The highest BCUT2D eigenvalue weighted by molar-refractivity contribution is 5.83. The van der Waals surface area contributed by atoms with Gasteiger partial charge in [0.25, 0.3) is 0 Å². The molecule has 0 aliphatic heterocycles. The van der Waals surface area contributed by atoms with Crippen molar-refractivity contribution in [3.63, 3.8) is 0 Å². The van der Waals surface area contributed by atoms with Gasteiger partial charge >= 0.3 is 5.63 Å². The first-order chi connectivity index (χ1) is 8.10. The average Bonchev–Trinajstić information content (AvgIpc) is 2.28. The van der Waals surface area contributed by atoms with Gasteiger partial charge in [0.1, 0.15) is 5.58 Å². The second kappa shape index (κ2) is 4.59. The summed E-state index contributed by atoms with van der Waals surface area (Å²) in [6.07, 6.45) is 0.156. The van der Waals surface area contributed by atoms with E-state index < -0.39 is 0 Å². The Morgan fingerprint density at radius 2 is 2.06 bits per heavy atom. The summed E-state index contributed by atoms with van der Waals surface area (Å²) in [5, 5.41) is 7.30. The third-order valence-electron chi connectivity index (χ3n) is 2.77. The van der Waals surface area contributed by atoms with Crippen LogP contribution in [0.3, 0.4) is 0 Å². The van der Waals surface area contributed by atoms with E-state index in [9.17, 15) is 4.79 Å². The Hall–Kier alpha value is -1.81. The molecule has 0 bridgehead atoms. The number of rotatable bonds is 3. The molecular weight excluding hydrogens is 216 g/mol. The molecule has 90 valence electrons. The summed E-state index contributed by atoms with van der Waals surface area (Å²) in [4.78, 5) is 11.3. The Labute approximate surface area is 99.6 Å². The zero-order chi connectivity index (χ0) is 12.4. The summed E-state index contributed by atoms with van der Waals surface area (Å²) < 4.78 is 5.18. The van der Waals surface area contributed by atoms with Crippen molar-refractivity contribution in [3.05, 3.63) is 40.2 Å².